The van der Waals surface area contributed by atoms with Crippen LogP contribution in [0.5, 0.6) is 0 Å². The smallest absolute Gasteiger partial charge is 0.246 e. The lowest BCUT2D eigenvalue weighted by molar-refractivity contribution is -0.117. The molecule has 27 heavy (non-hydrogen) atoms. The lowest BCUT2D eigenvalue weighted by Crippen LogP contribution is -2.37. The molecule has 140 valence electrons. The monoisotopic (exact) mass is 381 g/mol. The zero-order valence-electron chi connectivity index (χ0n) is 15.6. The summed E-state index contributed by atoms with van der Waals surface area (Å²) in [5.41, 5.74) is 6.96. The molecule has 1 N–H and O–H groups in total. The molecule has 2 aromatic carbocycles. The molecule has 0 radical (unpaired) electrons. The van der Waals surface area contributed by atoms with Crippen LogP contribution in [0.4, 0.5) is 11.4 Å². The Morgan fingerprint density at radius 3 is 2.44 bits per heavy atom. The van der Waals surface area contributed by atoms with Crippen LogP contribution in [0.2, 0.25) is 0 Å². The fraction of sp³-hybridized carbons (Fsp3) is 0.333. The highest BCUT2D eigenvalue weighted by Crippen LogP contribution is 2.39. The van der Waals surface area contributed by atoms with Gasteiger partial charge < -0.3 is 19.9 Å². The van der Waals surface area contributed by atoms with Gasteiger partial charge in [0.05, 0.1) is 13.2 Å². The minimum atomic E-state index is -0.0626. The molecule has 2 heterocycles. The van der Waals surface area contributed by atoms with Crippen LogP contribution in [0.15, 0.2) is 36.4 Å². The zero-order chi connectivity index (χ0) is 19.0. The van der Waals surface area contributed by atoms with Gasteiger partial charge in [-0.05, 0) is 54.9 Å². The molecule has 0 spiro atoms. The van der Waals surface area contributed by atoms with E-state index in [-0.39, 0.29) is 12.5 Å². The lowest BCUT2D eigenvalue weighted by atomic mass is 9.95. The Kier molecular flexibility index (Phi) is 4.85. The number of hydrogen-bond acceptors (Lipinski definition) is 4. The van der Waals surface area contributed by atoms with E-state index in [1.807, 2.05) is 4.90 Å². The first kappa shape index (κ1) is 17.9. The molecule has 0 unspecified atom stereocenters. The second-order valence-electron chi connectivity index (χ2n) is 7.01. The lowest BCUT2D eigenvalue weighted by Gasteiger charge is -2.33. The molecule has 6 heteroatoms. The summed E-state index contributed by atoms with van der Waals surface area (Å²) in [4.78, 5) is 16.1. The Balaban J connectivity index is 1.87. The number of hydrogen-bond donors (Lipinski definition) is 1. The van der Waals surface area contributed by atoms with Crippen LogP contribution < -0.4 is 15.1 Å². The zero-order valence-corrected chi connectivity index (χ0v) is 16.4. The Hall–Kier alpha value is -2.44. The predicted octanol–water partition coefficient (Wildman–Crippen LogP) is 3.03. The van der Waals surface area contributed by atoms with Crippen molar-refractivity contribution in [2.75, 3.05) is 42.6 Å². The van der Waals surface area contributed by atoms with Crippen molar-refractivity contribution in [2.24, 2.45) is 0 Å². The van der Waals surface area contributed by atoms with Crippen molar-refractivity contribution in [1.29, 1.82) is 0 Å². The molecule has 2 fully saturated rings. The first-order valence-corrected chi connectivity index (χ1v) is 9.60. The van der Waals surface area contributed by atoms with Gasteiger partial charge >= 0.3 is 0 Å². The van der Waals surface area contributed by atoms with Crippen LogP contribution in [-0.4, -0.2) is 43.9 Å². The van der Waals surface area contributed by atoms with Gasteiger partial charge in [-0.3, -0.25) is 4.79 Å². The molecule has 2 aliphatic rings. The number of amides is 1. The van der Waals surface area contributed by atoms with Gasteiger partial charge in [0.1, 0.15) is 6.54 Å². The maximum atomic E-state index is 11.8. The average Bonchev–Trinajstić information content (AvgIpc) is 3.00. The van der Waals surface area contributed by atoms with Gasteiger partial charge in [-0.15, -0.1) is 0 Å². The maximum Gasteiger partial charge on any atom is 0.246 e. The first-order chi connectivity index (χ1) is 13.0. The molecular weight excluding hydrogens is 358 g/mol. The number of benzene rings is 2. The summed E-state index contributed by atoms with van der Waals surface area (Å²) in [7, 11) is 0. The highest BCUT2D eigenvalue weighted by Gasteiger charge is 2.27. The molecule has 1 amide bonds. The molecule has 0 aliphatic carbocycles. The summed E-state index contributed by atoms with van der Waals surface area (Å²) in [6.07, 6.45) is 0. The van der Waals surface area contributed by atoms with Gasteiger partial charge in [-0.2, -0.15) is 0 Å². The van der Waals surface area contributed by atoms with Gasteiger partial charge in [0.15, 0.2) is 5.11 Å². The second-order valence-corrected chi connectivity index (χ2v) is 7.40. The van der Waals surface area contributed by atoms with E-state index in [2.05, 4.69) is 60.5 Å². The summed E-state index contributed by atoms with van der Waals surface area (Å²) in [6.45, 7) is 7.76. The number of carbonyl (C=O) groups excluding carboxylic acids is 1. The minimum Gasteiger partial charge on any atom is -0.378 e. The number of nitrogens with zero attached hydrogens (tertiary/aromatic N) is 2. The number of anilines is 2. The highest BCUT2D eigenvalue weighted by atomic mass is 32.1. The van der Waals surface area contributed by atoms with E-state index in [0.29, 0.717) is 5.11 Å². The number of nitrogens with one attached hydrogen (secondary N) is 1. The van der Waals surface area contributed by atoms with E-state index >= 15 is 0 Å². The Labute approximate surface area is 164 Å². The number of aryl methyl sites for hydroxylation is 2. The van der Waals surface area contributed by atoms with Crippen LogP contribution in [0.25, 0.3) is 11.1 Å². The van der Waals surface area contributed by atoms with Gasteiger partial charge in [0, 0.05) is 30.0 Å². The van der Waals surface area contributed by atoms with Crippen LogP contribution in [0, 0.1) is 13.8 Å². The predicted molar refractivity (Wildman–Crippen MR) is 112 cm³/mol. The molecule has 0 aromatic heterocycles. The van der Waals surface area contributed by atoms with Crippen molar-refractivity contribution in [3.05, 3.63) is 47.5 Å². The standard InChI is InChI=1S/C21H23N3O2S/c1-14-5-3-4-6-17(14)18-12-16(24-13-19(25)22-21(24)27)11-15(2)20(18)23-7-9-26-10-8-23/h3-6,11-12H,7-10,13H2,1-2H3,(H,22,25,27). The molecule has 4 rings (SSSR count). The van der Waals surface area contributed by atoms with E-state index in [9.17, 15) is 4.79 Å². The van der Waals surface area contributed by atoms with Crippen LogP contribution in [0.1, 0.15) is 11.1 Å². The first-order valence-electron chi connectivity index (χ1n) is 9.19. The normalized spacial score (nSPS) is 17.4. The van der Waals surface area contributed by atoms with E-state index in [1.54, 1.807) is 0 Å². The Morgan fingerprint density at radius 2 is 1.78 bits per heavy atom. The van der Waals surface area contributed by atoms with Gasteiger partial charge in [0.25, 0.3) is 0 Å². The van der Waals surface area contributed by atoms with Crippen molar-refractivity contribution >= 4 is 34.6 Å². The van der Waals surface area contributed by atoms with Crippen molar-refractivity contribution in [3.63, 3.8) is 0 Å². The van der Waals surface area contributed by atoms with Crippen molar-refractivity contribution in [2.45, 2.75) is 13.8 Å². The average molecular weight is 382 g/mol. The van der Waals surface area contributed by atoms with Gasteiger partial charge in [-0.1, -0.05) is 24.3 Å². The summed E-state index contributed by atoms with van der Waals surface area (Å²) < 4.78 is 5.55. The third kappa shape index (κ3) is 3.42. The van der Waals surface area contributed by atoms with Gasteiger partial charge in [-0.25, -0.2) is 0 Å². The van der Waals surface area contributed by atoms with E-state index in [0.717, 1.165) is 32.0 Å². The maximum absolute atomic E-state index is 11.8. The molecule has 2 saturated heterocycles. The topological polar surface area (TPSA) is 44.8 Å². The Morgan fingerprint density at radius 1 is 1.04 bits per heavy atom. The summed E-state index contributed by atoms with van der Waals surface area (Å²) in [5.74, 6) is -0.0626. The Bertz CT molecular complexity index is 906. The molecule has 0 bridgehead atoms. The second kappa shape index (κ2) is 7.29. The van der Waals surface area contributed by atoms with Crippen LogP contribution in [-0.2, 0) is 9.53 Å². The summed E-state index contributed by atoms with van der Waals surface area (Å²) >= 11 is 5.35. The quantitative estimate of drug-likeness (QED) is 0.828. The fourth-order valence-corrected chi connectivity index (χ4v) is 4.14. The fourth-order valence-electron chi connectivity index (χ4n) is 3.85. The molecule has 2 aliphatic heterocycles. The van der Waals surface area contributed by atoms with Crippen LogP contribution >= 0.6 is 12.2 Å². The highest BCUT2D eigenvalue weighted by molar-refractivity contribution is 7.80. The minimum absolute atomic E-state index is 0.0626. The van der Waals surface area contributed by atoms with Crippen molar-refractivity contribution in [1.82, 2.24) is 5.32 Å². The molecule has 0 atom stereocenters. The molecular formula is C21H23N3O2S. The molecule has 2 aromatic rings. The third-order valence-electron chi connectivity index (χ3n) is 5.15. The van der Waals surface area contributed by atoms with Crippen LogP contribution in [0.3, 0.4) is 0 Å². The van der Waals surface area contributed by atoms with E-state index < -0.39 is 0 Å². The van der Waals surface area contributed by atoms with Crippen molar-refractivity contribution < 1.29 is 9.53 Å². The SMILES string of the molecule is Cc1ccccc1-c1cc(N2CC(=O)NC2=S)cc(C)c1N1CCOCC1. The third-order valence-corrected chi connectivity index (χ3v) is 5.48. The molecule has 0 saturated carbocycles. The van der Waals surface area contributed by atoms with E-state index in [4.69, 9.17) is 17.0 Å². The summed E-state index contributed by atoms with van der Waals surface area (Å²) in [5, 5.41) is 3.19. The number of carbonyl (C=O) groups is 1. The van der Waals surface area contributed by atoms with E-state index in [1.165, 1.54) is 27.9 Å². The number of thiocarbonyl (C=S) groups is 1. The number of morpholine rings is 1. The molecule has 5 nitrogen and oxygen atoms in total. The summed E-state index contributed by atoms with van der Waals surface area (Å²) in [6, 6.07) is 12.7. The number of rotatable bonds is 3. The number of ether oxygens (including phenoxy) is 1. The van der Waals surface area contributed by atoms with Gasteiger partial charge in [0.2, 0.25) is 5.91 Å². The largest absolute Gasteiger partial charge is 0.378 e. The van der Waals surface area contributed by atoms with Crippen molar-refractivity contribution in [3.8, 4) is 11.1 Å².